The van der Waals surface area contributed by atoms with Gasteiger partial charge in [-0.1, -0.05) is 12.1 Å². The van der Waals surface area contributed by atoms with Gasteiger partial charge in [-0.25, -0.2) is 18.4 Å². The Labute approximate surface area is 183 Å². The lowest BCUT2D eigenvalue weighted by Crippen LogP contribution is -2.23. The summed E-state index contributed by atoms with van der Waals surface area (Å²) >= 11 is 2.51. The van der Waals surface area contributed by atoms with E-state index in [1.54, 1.807) is 12.3 Å². The van der Waals surface area contributed by atoms with Crippen molar-refractivity contribution in [3.8, 4) is 10.6 Å². The maximum Gasteiger partial charge on any atom is 0.501 e. The number of amidine groups is 1. The molecule has 2 heterocycles. The molecule has 0 radical (unpaired) electrons. The van der Waals surface area contributed by atoms with Gasteiger partial charge in [-0.2, -0.15) is 13.2 Å². The highest BCUT2D eigenvalue weighted by molar-refractivity contribution is 7.92. The number of nitrogens with one attached hydrogen (secondary N) is 1. The molecule has 1 aromatic carbocycles. The minimum absolute atomic E-state index is 0.0185. The third-order valence-electron chi connectivity index (χ3n) is 4.10. The van der Waals surface area contributed by atoms with Gasteiger partial charge in [0.2, 0.25) is 0 Å². The van der Waals surface area contributed by atoms with E-state index >= 15 is 0 Å². The molecule has 0 aliphatic heterocycles. The van der Waals surface area contributed by atoms with Crippen molar-refractivity contribution in [2.24, 2.45) is 5.73 Å². The van der Waals surface area contributed by atoms with Gasteiger partial charge in [0.15, 0.2) is 10.8 Å². The van der Waals surface area contributed by atoms with Crippen LogP contribution in [0.25, 0.3) is 10.6 Å². The Bertz CT molecular complexity index is 1250. The van der Waals surface area contributed by atoms with Crippen molar-refractivity contribution >= 4 is 44.1 Å². The number of rotatable bonds is 7. The molecule has 0 unspecified atom stereocenters. The number of hydrogen-bond donors (Lipinski definition) is 2. The van der Waals surface area contributed by atoms with E-state index in [-0.39, 0.29) is 24.5 Å². The van der Waals surface area contributed by atoms with Gasteiger partial charge in [0.05, 0.1) is 27.6 Å². The Hall–Kier alpha value is -2.64. The van der Waals surface area contributed by atoms with Crippen LogP contribution in [-0.4, -0.2) is 35.5 Å². The lowest BCUT2D eigenvalue weighted by Gasteiger charge is -2.08. The minimum atomic E-state index is -5.42. The predicted molar refractivity (Wildman–Crippen MR) is 111 cm³/mol. The maximum absolute atomic E-state index is 12.6. The molecule has 0 amide bonds. The second kappa shape index (κ2) is 8.48. The molecule has 3 aromatic rings. The Morgan fingerprint density at radius 3 is 2.35 bits per heavy atom. The summed E-state index contributed by atoms with van der Waals surface area (Å²) in [6.07, 6.45) is -0.0555. The largest absolute Gasteiger partial charge is 0.501 e. The third kappa shape index (κ3) is 4.99. The second-order valence-electron chi connectivity index (χ2n) is 6.46. The number of Topliss-reactive ketones (excluding diaryl/α,β-unsaturated/α-hetero) is 1. The summed E-state index contributed by atoms with van der Waals surface area (Å²) in [5, 5.41) is 10.2. The summed E-state index contributed by atoms with van der Waals surface area (Å²) in [4.78, 5) is 20.9. The maximum atomic E-state index is 12.6. The first kappa shape index (κ1) is 23.0. The summed E-state index contributed by atoms with van der Waals surface area (Å²) in [5.74, 6) is -0.364. The molecule has 0 bridgehead atoms. The van der Waals surface area contributed by atoms with Crippen LogP contribution in [0.2, 0.25) is 0 Å². The fourth-order valence-corrected chi connectivity index (χ4v) is 5.16. The highest BCUT2D eigenvalue weighted by Gasteiger charge is 2.46. The zero-order valence-electron chi connectivity index (χ0n) is 15.9. The molecule has 0 saturated heterocycles. The van der Waals surface area contributed by atoms with Gasteiger partial charge < -0.3 is 5.73 Å². The van der Waals surface area contributed by atoms with Gasteiger partial charge in [0, 0.05) is 11.8 Å². The van der Waals surface area contributed by atoms with Crippen molar-refractivity contribution in [2.75, 3.05) is 0 Å². The number of benzene rings is 1. The number of thiazole rings is 2. The average molecular weight is 489 g/mol. The monoisotopic (exact) mass is 488 g/mol. The number of nitrogen functional groups attached to an aromatic ring is 1. The Morgan fingerprint density at radius 1 is 1.16 bits per heavy atom. The third-order valence-corrected chi connectivity index (χ3v) is 7.66. The highest BCUT2D eigenvalue weighted by Crippen LogP contribution is 2.32. The topological polar surface area (TPSA) is 127 Å². The quantitative estimate of drug-likeness (QED) is 0.387. The number of aromatic nitrogens is 2. The lowest BCUT2D eigenvalue weighted by molar-refractivity contribution is -0.117. The number of aryl methyl sites for hydroxylation is 1. The van der Waals surface area contributed by atoms with Gasteiger partial charge in [0.1, 0.15) is 10.8 Å². The normalized spacial score (nSPS) is 12.1. The van der Waals surface area contributed by atoms with E-state index in [4.69, 9.17) is 11.1 Å². The highest BCUT2D eigenvalue weighted by atomic mass is 32.2. The number of ketones is 1. The number of carbonyl (C=O) groups excluding carboxylic acids is 1. The molecular formula is C18H15F3N4O3S3. The fraction of sp³-hybridized carbons (Fsp3) is 0.222. The molecule has 31 heavy (non-hydrogen) atoms. The molecular weight excluding hydrogens is 473 g/mol. The number of halogens is 3. The lowest BCUT2D eigenvalue weighted by atomic mass is 10.1. The molecule has 0 fully saturated rings. The zero-order valence-corrected chi connectivity index (χ0v) is 18.3. The molecule has 0 saturated carbocycles. The molecule has 164 valence electrons. The molecule has 0 aliphatic carbocycles. The second-order valence-corrected chi connectivity index (χ2v) is 10.3. The molecule has 13 heteroatoms. The van der Waals surface area contributed by atoms with Crippen LogP contribution in [0.1, 0.15) is 21.3 Å². The molecule has 0 spiro atoms. The molecule has 3 N–H and O–H groups in total. The summed E-state index contributed by atoms with van der Waals surface area (Å²) in [5.41, 5.74) is 1.76. The van der Waals surface area contributed by atoms with Crippen LogP contribution < -0.4 is 5.73 Å². The first-order valence-electron chi connectivity index (χ1n) is 8.57. The average Bonchev–Trinajstić information content (AvgIpc) is 3.27. The van der Waals surface area contributed by atoms with Crippen molar-refractivity contribution in [1.29, 1.82) is 5.41 Å². The van der Waals surface area contributed by atoms with Crippen LogP contribution >= 0.6 is 22.7 Å². The van der Waals surface area contributed by atoms with E-state index in [9.17, 15) is 26.4 Å². The SMILES string of the molecule is Cc1nc(C(=N)N)sc1-c1csc(CC(=O)Cc2ccc(S(=O)(=O)C(F)(F)F)cc2)n1. The van der Waals surface area contributed by atoms with Crippen molar-refractivity contribution in [1.82, 2.24) is 9.97 Å². The van der Waals surface area contributed by atoms with Crippen molar-refractivity contribution in [3.63, 3.8) is 0 Å². The van der Waals surface area contributed by atoms with E-state index in [1.807, 2.05) is 0 Å². The van der Waals surface area contributed by atoms with Crippen LogP contribution in [0.4, 0.5) is 13.2 Å². The number of nitrogens with two attached hydrogens (primary N) is 1. The van der Waals surface area contributed by atoms with Crippen molar-refractivity contribution < 1.29 is 26.4 Å². The van der Waals surface area contributed by atoms with Crippen LogP contribution in [0.3, 0.4) is 0 Å². The number of carbonyl (C=O) groups is 1. The fourth-order valence-electron chi connectivity index (χ4n) is 2.62. The van der Waals surface area contributed by atoms with E-state index in [0.29, 0.717) is 27.0 Å². The first-order chi connectivity index (χ1) is 14.4. The van der Waals surface area contributed by atoms with E-state index in [1.165, 1.54) is 34.8 Å². The Balaban J connectivity index is 1.68. The van der Waals surface area contributed by atoms with E-state index < -0.39 is 20.2 Å². The van der Waals surface area contributed by atoms with Gasteiger partial charge in [-0.3, -0.25) is 10.2 Å². The van der Waals surface area contributed by atoms with Crippen LogP contribution in [0.15, 0.2) is 34.5 Å². The van der Waals surface area contributed by atoms with Crippen LogP contribution in [-0.2, 0) is 27.5 Å². The molecule has 0 aliphatic rings. The number of hydrogen-bond acceptors (Lipinski definition) is 8. The van der Waals surface area contributed by atoms with Gasteiger partial charge >= 0.3 is 5.51 Å². The van der Waals surface area contributed by atoms with Crippen LogP contribution in [0, 0.1) is 12.3 Å². The standard InChI is InChI=1S/C18H15F3N4O3S3/c1-9-15(30-17(24-9)16(22)23)13-8-29-14(25-13)7-11(26)6-10-2-4-12(5-3-10)31(27,28)18(19,20)21/h2-5,8H,6-7H2,1H3,(H3,22,23). The van der Waals surface area contributed by atoms with E-state index in [0.717, 1.165) is 17.0 Å². The number of alkyl halides is 3. The van der Waals surface area contributed by atoms with E-state index in [2.05, 4.69) is 9.97 Å². The summed E-state index contributed by atoms with van der Waals surface area (Å²) in [7, 11) is -5.42. The summed E-state index contributed by atoms with van der Waals surface area (Å²) < 4.78 is 60.6. The molecule has 3 rings (SSSR count). The first-order valence-corrected chi connectivity index (χ1v) is 11.7. The smallest absolute Gasteiger partial charge is 0.382 e. The molecule has 0 atom stereocenters. The van der Waals surface area contributed by atoms with Gasteiger partial charge in [-0.05, 0) is 24.6 Å². The number of nitrogens with zero attached hydrogens (tertiary/aromatic N) is 2. The van der Waals surface area contributed by atoms with Crippen molar-refractivity contribution in [2.45, 2.75) is 30.2 Å². The zero-order chi connectivity index (χ0) is 23.0. The number of sulfone groups is 1. The van der Waals surface area contributed by atoms with Gasteiger partial charge in [-0.15, -0.1) is 22.7 Å². The summed E-state index contributed by atoms with van der Waals surface area (Å²) in [6, 6.07) is 4.06. The Morgan fingerprint density at radius 2 is 1.81 bits per heavy atom. The molecule has 7 nitrogen and oxygen atoms in total. The minimum Gasteiger partial charge on any atom is -0.382 e. The van der Waals surface area contributed by atoms with Gasteiger partial charge in [0.25, 0.3) is 9.84 Å². The van der Waals surface area contributed by atoms with Crippen molar-refractivity contribution in [3.05, 3.63) is 50.9 Å². The Kier molecular flexibility index (Phi) is 6.30. The van der Waals surface area contributed by atoms with Crippen LogP contribution in [0.5, 0.6) is 0 Å². The molecule has 2 aromatic heterocycles. The predicted octanol–water partition coefficient (Wildman–Crippen LogP) is 3.51. The summed E-state index contributed by atoms with van der Waals surface area (Å²) in [6.45, 7) is 1.77.